The average molecular weight is 266 g/mol. The molecule has 0 aliphatic carbocycles. The number of pyridine rings is 1. The first-order chi connectivity index (χ1) is 8.58. The predicted molar refractivity (Wildman–Crippen MR) is 68.5 cm³/mol. The topological polar surface area (TPSA) is 70.5 Å². The molecule has 1 aromatic heterocycles. The first-order valence-electron chi connectivity index (χ1n) is 5.67. The maximum atomic E-state index is 11.7. The number of carbonyl (C=O) groups excluding carboxylic acids is 1. The molecule has 1 N–H and O–H groups in total. The SMILES string of the molecule is O=C(O)C(Cc1cccnc1)N1CC(S)CC1=O. The summed E-state index contributed by atoms with van der Waals surface area (Å²) in [6.07, 6.45) is 3.83. The number of thiol groups is 1. The smallest absolute Gasteiger partial charge is 0.326 e. The zero-order valence-electron chi connectivity index (χ0n) is 9.69. The monoisotopic (exact) mass is 266 g/mol. The number of aliphatic carboxylic acids is 1. The quantitative estimate of drug-likeness (QED) is 0.783. The summed E-state index contributed by atoms with van der Waals surface area (Å²) in [5.41, 5.74) is 0.806. The van der Waals surface area contributed by atoms with E-state index in [2.05, 4.69) is 17.6 Å². The van der Waals surface area contributed by atoms with E-state index in [4.69, 9.17) is 0 Å². The molecule has 96 valence electrons. The van der Waals surface area contributed by atoms with Crippen molar-refractivity contribution in [3.63, 3.8) is 0 Å². The Bertz CT molecular complexity index is 452. The fourth-order valence-corrected chi connectivity index (χ4v) is 2.42. The molecule has 1 aromatic rings. The summed E-state index contributed by atoms with van der Waals surface area (Å²) in [6.45, 7) is 0.388. The van der Waals surface area contributed by atoms with E-state index in [0.717, 1.165) is 5.56 Å². The van der Waals surface area contributed by atoms with Gasteiger partial charge in [-0.25, -0.2) is 4.79 Å². The van der Waals surface area contributed by atoms with Gasteiger partial charge >= 0.3 is 5.97 Å². The number of hydrogen-bond donors (Lipinski definition) is 2. The number of likely N-dealkylation sites (tertiary alicyclic amines) is 1. The Morgan fingerprint density at radius 2 is 2.44 bits per heavy atom. The number of hydrogen-bond acceptors (Lipinski definition) is 4. The van der Waals surface area contributed by atoms with E-state index in [1.165, 1.54) is 4.90 Å². The van der Waals surface area contributed by atoms with Crippen LogP contribution in [0.5, 0.6) is 0 Å². The van der Waals surface area contributed by atoms with Crippen LogP contribution in [0.25, 0.3) is 0 Å². The van der Waals surface area contributed by atoms with Crippen molar-refractivity contribution >= 4 is 24.5 Å². The molecule has 0 bridgehead atoms. The molecule has 2 heterocycles. The summed E-state index contributed by atoms with van der Waals surface area (Å²) in [6, 6.07) is 2.72. The molecule has 0 aromatic carbocycles. The Kier molecular flexibility index (Phi) is 3.86. The van der Waals surface area contributed by atoms with Crippen LogP contribution in [0, 0.1) is 0 Å². The van der Waals surface area contributed by atoms with Gasteiger partial charge in [0.2, 0.25) is 5.91 Å². The van der Waals surface area contributed by atoms with Gasteiger partial charge in [0.15, 0.2) is 0 Å². The van der Waals surface area contributed by atoms with Gasteiger partial charge in [-0.05, 0) is 11.6 Å². The van der Waals surface area contributed by atoms with E-state index in [1.54, 1.807) is 18.5 Å². The minimum atomic E-state index is -0.991. The third-order valence-electron chi connectivity index (χ3n) is 2.95. The van der Waals surface area contributed by atoms with Crippen LogP contribution >= 0.6 is 12.6 Å². The van der Waals surface area contributed by atoms with Crippen molar-refractivity contribution in [3.8, 4) is 0 Å². The van der Waals surface area contributed by atoms with E-state index in [-0.39, 0.29) is 17.6 Å². The maximum Gasteiger partial charge on any atom is 0.326 e. The number of amides is 1. The van der Waals surface area contributed by atoms with Crippen molar-refractivity contribution in [2.75, 3.05) is 6.54 Å². The highest BCUT2D eigenvalue weighted by molar-refractivity contribution is 7.81. The molecule has 1 aliphatic rings. The molecular weight excluding hydrogens is 252 g/mol. The first-order valence-corrected chi connectivity index (χ1v) is 6.19. The number of carboxylic acids is 1. The normalized spacial score (nSPS) is 21.1. The number of rotatable bonds is 4. The van der Waals surface area contributed by atoms with Crippen LogP contribution in [0.15, 0.2) is 24.5 Å². The van der Waals surface area contributed by atoms with E-state index in [9.17, 15) is 14.7 Å². The van der Waals surface area contributed by atoms with Crippen LogP contribution < -0.4 is 0 Å². The molecule has 5 nitrogen and oxygen atoms in total. The van der Waals surface area contributed by atoms with Crippen molar-refractivity contribution < 1.29 is 14.7 Å². The molecule has 2 unspecified atom stereocenters. The second-order valence-corrected chi connectivity index (χ2v) is 5.05. The molecule has 1 fully saturated rings. The van der Waals surface area contributed by atoms with Gasteiger partial charge in [-0.15, -0.1) is 0 Å². The summed E-state index contributed by atoms with van der Waals surface area (Å²) in [5, 5.41) is 9.18. The van der Waals surface area contributed by atoms with Crippen LogP contribution in [-0.4, -0.2) is 44.7 Å². The van der Waals surface area contributed by atoms with Gasteiger partial charge in [0.1, 0.15) is 6.04 Å². The lowest BCUT2D eigenvalue weighted by atomic mass is 10.1. The first kappa shape index (κ1) is 12.9. The van der Waals surface area contributed by atoms with Gasteiger partial charge in [0.05, 0.1) is 0 Å². The fraction of sp³-hybridized carbons (Fsp3) is 0.417. The van der Waals surface area contributed by atoms with Gasteiger partial charge in [-0.3, -0.25) is 9.78 Å². The van der Waals surface area contributed by atoms with Crippen molar-refractivity contribution in [1.29, 1.82) is 0 Å². The lowest BCUT2D eigenvalue weighted by Gasteiger charge is -2.24. The Labute approximate surface area is 110 Å². The van der Waals surface area contributed by atoms with Crippen molar-refractivity contribution in [3.05, 3.63) is 30.1 Å². The number of carboxylic acid groups (broad SMARTS) is 1. The molecule has 0 radical (unpaired) electrons. The van der Waals surface area contributed by atoms with E-state index < -0.39 is 12.0 Å². The Morgan fingerprint density at radius 1 is 1.67 bits per heavy atom. The molecular formula is C12H14N2O3S. The predicted octanol–water partition coefficient (Wildman–Crippen LogP) is 0.608. The summed E-state index contributed by atoms with van der Waals surface area (Å²) < 4.78 is 0. The lowest BCUT2D eigenvalue weighted by Crippen LogP contribution is -2.43. The third kappa shape index (κ3) is 2.81. The molecule has 0 spiro atoms. The largest absolute Gasteiger partial charge is 0.480 e. The van der Waals surface area contributed by atoms with E-state index in [0.29, 0.717) is 13.0 Å². The van der Waals surface area contributed by atoms with Gasteiger partial charge < -0.3 is 10.0 Å². The molecule has 2 atom stereocenters. The highest BCUT2D eigenvalue weighted by atomic mass is 32.1. The lowest BCUT2D eigenvalue weighted by molar-refractivity contribution is -0.148. The minimum Gasteiger partial charge on any atom is -0.480 e. The van der Waals surface area contributed by atoms with Gasteiger partial charge in [-0.1, -0.05) is 6.07 Å². The standard InChI is InChI=1S/C12H14N2O3S/c15-11-5-9(18)7-14(11)10(12(16)17)4-8-2-1-3-13-6-8/h1-3,6,9-10,18H,4-5,7H2,(H,16,17). The Hall–Kier alpha value is -1.56. The molecule has 0 saturated carbocycles. The second kappa shape index (κ2) is 5.39. The van der Waals surface area contributed by atoms with Crippen molar-refractivity contribution in [2.45, 2.75) is 24.1 Å². The number of nitrogens with zero attached hydrogens (tertiary/aromatic N) is 2. The minimum absolute atomic E-state index is 0.0757. The second-order valence-electron chi connectivity index (χ2n) is 4.32. The van der Waals surface area contributed by atoms with Crippen molar-refractivity contribution in [2.24, 2.45) is 0 Å². The number of aromatic nitrogens is 1. The molecule has 1 saturated heterocycles. The summed E-state index contributed by atoms with van der Waals surface area (Å²) in [5.74, 6) is -1.14. The van der Waals surface area contributed by atoms with Crippen LogP contribution in [0.4, 0.5) is 0 Å². The summed E-state index contributed by atoms with van der Waals surface area (Å²) in [7, 11) is 0. The number of carbonyl (C=O) groups is 2. The van der Waals surface area contributed by atoms with Gasteiger partial charge in [0.25, 0.3) is 0 Å². The van der Waals surface area contributed by atoms with Crippen LogP contribution in [-0.2, 0) is 16.0 Å². The molecule has 18 heavy (non-hydrogen) atoms. The van der Waals surface area contributed by atoms with E-state index in [1.807, 2.05) is 6.07 Å². The van der Waals surface area contributed by atoms with Gasteiger partial charge in [0, 0.05) is 37.0 Å². The molecule has 6 heteroatoms. The fourth-order valence-electron chi connectivity index (χ4n) is 2.09. The third-order valence-corrected chi connectivity index (χ3v) is 3.30. The zero-order valence-corrected chi connectivity index (χ0v) is 10.6. The summed E-state index contributed by atoms with van der Waals surface area (Å²) in [4.78, 5) is 28.4. The summed E-state index contributed by atoms with van der Waals surface area (Å²) >= 11 is 4.23. The zero-order chi connectivity index (χ0) is 13.1. The van der Waals surface area contributed by atoms with Crippen LogP contribution in [0.1, 0.15) is 12.0 Å². The molecule has 1 aliphatic heterocycles. The Morgan fingerprint density at radius 3 is 2.94 bits per heavy atom. The highest BCUT2D eigenvalue weighted by Gasteiger charge is 2.36. The van der Waals surface area contributed by atoms with Crippen molar-refractivity contribution in [1.82, 2.24) is 9.88 Å². The molecule has 2 rings (SSSR count). The van der Waals surface area contributed by atoms with Gasteiger partial charge in [-0.2, -0.15) is 12.6 Å². The van der Waals surface area contributed by atoms with Crippen LogP contribution in [0.3, 0.4) is 0 Å². The van der Waals surface area contributed by atoms with Crippen LogP contribution in [0.2, 0.25) is 0 Å². The maximum absolute atomic E-state index is 11.7. The molecule has 1 amide bonds. The van der Waals surface area contributed by atoms with E-state index >= 15 is 0 Å². The highest BCUT2D eigenvalue weighted by Crippen LogP contribution is 2.20. The average Bonchev–Trinajstić information content (AvgIpc) is 2.66. The Balaban J connectivity index is 2.14.